The third-order valence-corrected chi connectivity index (χ3v) is 4.25. The van der Waals surface area contributed by atoms with Crippen LogP contribution in [0.1, 0.15) is 33.1 Å². The van der Waals surface area contributed by atoms with Gasteiger partial charge in [-0.05, 0) is 0 Å². The Balaban J connectivity index is 2.44. The van der Waals surface area contributed by atoms with Crippen molar-refractivity contribution < 1.29 is 9.53 Å². The van der Waals surface area contributed by atoms with E-state index in [9.17, 15) is 4.79 Å². The molecule has 114 valence electrons. The number of hydrogen-bond donors (Lipinski definition) is 1. The number of unbranched alkanes of at least 4 members (excludes halogenated alkanes) is 1. The fourth-order valence-corrected chi connectivity index (χ4v) is 2.90. The Labute approximate surface area is 134 Å². The Bertz CT molecular complexity index is 465. The summed E-state index contributed by atoms with van der Waals surface area (Å²) >= 11 is 0.106. The first-order chi connectivity index (χ1) is 10.3. The molecule has 21 heavy (non-hydrogen) atoms. The van der Waals surface area contributed by atoms with Gasteiger partial charge in [0.2, 0.25) is 0 Å². The van der Waals surface area contributed by atoms with Crippen molar-refractivity contribution >= 4 is 25.3 Å². The molecule has 1 aromatic rings. The Kier molecular flexibility index (Phi) is 9.65. The molecule has 0 bridgehead atoms. The topological polar surface area (TPSA) is 38.3 Å². The van der Waals surface area contributed by atoms with E-state index < -0.39 is 0 Å². The van der Waals surface area contributed by atoms with Gasteiger partial charge in [-0.15, -0.1) is 0 Å². The van der Waals surface area contributed by atoms with Crippen molar-refractivity contribution in [3.63, 3.8) is 0 Å². The predicted molar refractivity (Wildman–Crippen MR) is 87.6 cm³/mol. The van der Waals surface area contributed by atoms with Gasteiger partial charge < -0.3 is 0 Å². The third kappa shape index (κ3) is 8.57. The van der Waals surface area contributed by atoms with E-state index in [-0.39, 0.29) is 27.0 Å². The second kappa shape index (κ2) is 11.4. The number of benzene rings is 1. The molecule has 1 atom stereocenters. The number of carbonyl (C=O) groups is 1. The summed E-state index contributed by atoms with van der Waals surface area (Å²) in [5, 5.41) is 2.90. The Morgan fingerprint density at radius 3 is 2.76 bits per heavy atom. The predicted octanol–water partition coefficient (Wildman–Crippen LogP) is 1.69. The van der Waals surface area contributed by atoms with Gasteiger partial charge in [-0.3, -0.25) is 0 Å². The summed E-state index contributed by atoms with van der Waals surface area (Å²) in [7, 11) is 0. The fraction of sp³-hybridized carbons (Fsp3) is 0.471. The molecule has 0 fully saturated rings. The van der Waals surface area contributed by atoms with Gasteiger partial charge in [0.05, 0.1) is 0 Å². The second-order valence-electron chi connectivity index (χ2n) is 4.51. The van der Waals surface area contributed by atoms with Crippen LogP contribution in [0.15, 0.2) is 30.3 Å². The molecule has 0 aliphatic heterocycles. The maximum atomic E-state index is 11.8. The van der Waals surface area contributed by atoms with E-state index in [1.54, 1.807) is 0 Å². The van der Waals surface area contributed by atoms with Crippen LogP contribution in [-0.2, 0) is 9.53 Å². The molecule has 0 heterocycles. The van der Waals surface area contributed by atoms with E-state index in [0.29, 0.717) is 13.0 Å². The summed E-state index contributed by atoms with van der Waals surface area (Å²) in [6.45, 7) is 5.33. The van der Waals surface area contributed by atoms with Gasteiger partial charge in [-0.25, -0.2) is 0 Å². The molecule has 4 heteroatoms. The summed E-state index contributed by atoms with van der Waals surface area (Å²) < 4.78 is 6.77. The van der Waals surface area contributed by atoms with E-state index in [1.165, 1.54) is 4.46 Å². The number of nitrogens with one attached hydrogen (secondary N) is 1. The van der Waals surface area contributed by atoms with E-state index in [4.69, 9.17) is 4.74 Å². The molecule has 0 aliphatic carbocycles. The van der Waals surface area contributed by atoms with Crippen LogP contribution in [0.2, 0.25) is 0 Å². The van der Waals surface area contributed by atoms with Crippen LogP contribution >= 0.6 is 0 Å². The summed E-state index contributed by atoms with van der Waals surface area (Å²) in [6, 6.07) is 10.2. The third-order valence-electron chi connectivity index (χ3n) is 2.72. The van der Waals surface area contributed by atoms with Crippen molar-refractivity contribution in [3.8, 4) is 10.7 Å². The second-order valence-corrected chi connectivity index (χ2v) is 6.36. The average Bonchev–Trinajstić information content (AvgIpc) is 2.49. The summed E-state index contributed by atoms with van der Waals surface area (Å²) in [5.41, 5.74) is 0. The Morgan fingerprint density at radius 2 is 2.10 bits per heavy atom. The van der Waals surface area contributed by atoms with Gasteiger partial charge in [0.25, 0.3) is 0 Å². The van der Waals surface area contributed by atoms with E-state index >= 15 is 0 Å². The van der Waals surface area contributed by atoms with Crippen LogP contribution in [0.5, 0.6) is 0 Å². The maximum absolute atomic E-state index is 11.8. The van der Waals surface area contributed by atoms with Gasteiger partial charge in [0.1, 0.15) is 0 Å². The van der Waals surface area contributed by atoms with Crippen LogP contribution in [0.3, 0.4) is 0 Å². The first kappa shape index (κ1) is 17.8. The van der Waals surface area contributed by atoms with Crippen LogP contribution < -0.4 is 9.78 Å². The zero-order valence-electron chi connectivity index (χ0n) is 12.7. The van der Waals surface area contributed by atoms with Gasteiger partial charge in [-0.1, -0.05) is 0 Å². The normalized spacial score (nSPS) is 11.3. The van der Waals surface area contributed by atoms with Crippen molar-refractivity contribution in [2.75, 3.05) is 13.2 Å². The number of carbonyl (C=O) groups excluding carboxylic acids is 1. The molecule has 1 amide bonds. The SMILES string of the molecule is CCCCNC(=O)CC(C#C[Se]c1ccccc1)OCC. The number of hydrogen-bond acceptors (Lipinski definition) is 2. The van der Waals surface area contributed by atoms with Crippen LogP contribution in [0, 0.1) is 10.7 Å². The van der Waals surface area contributed by atoms with Gasteiger partial charge in [-0.2, -0.15) is 0 Å². The van der Waals surface area contributed by atoms with Crippen molar-refractivity contribution in [2.24, 2.45) is 0 Å². The van der Waals surface area contributed by atoms with Gasteiger partial charge >= 0.3 is 134 Å². The fourth-order valence-electron chi connectivity index (χ4n) is 1.64. The number of ether oxygens (including phenoxy) is 1. The minimum atomic E-state index is -0.304. The summed E-state index contributed by atoms with van der Waals surface area (Å²) in [4.78, 5) is 14.9. The van der Waals surface area contributed by atoms with E-state index in [2.05, 4.69) is 35.1 Å². The first-order valence-corrected chi connectivity index (χ1v) is 9.08. The van der Waals surface area contributed by atoms with Crippen molar-refractivity contribution in [1.82, 2.24) is 5.32 Å². The van der Waals surface area contributed by atoms with Crippen LogP contribution in [-0.4, -0.2) is 40.1 Å². The van der Waals surface area contributed by atoms with E-state index in [1.807, 2.05) is 25.1 Å². The standard InChI is InChI=1S/C17H23NO2Se/c1-3-5-12-18-17(19)14-15(20-4-2)11-13-21-16-9-7-6-8-10-16/h6-10,15H,3-5,12,14H2,1-2H3,(H,18,19). The molecule has 1 unspecified atom stereocenters. The monoisotopic (exact) mass is 353 g/mol. The molecule has 3 nitrogen and oxygen atoms in total. The zero-order valence-corrected chi connectivity index (χ0v) is 14.4. The van der Waals surface area contributed by atoms with Crippen molar-refractivity contribution in [2.45, 2.75) is 39.2 Å². The molecular formula is C17H23NO2Se. The molecule has 0 saturated carbocycles. The van der Waals surface area contributed by atoms with Gasteiger partial charge in [0, 0.05) is 0 Å². The molecule has 0 saturated heterocycles. The number of rotatable bonds is 8. The van der Waals surface area contributed by atoms with Gasteiger partial charge in [0.15, 0.2) is 0 Å². The molecule has 1 rings (SSSR count). The number of amides is 1. The minimum absolute atomic E-state index is 0.0170. The molecule has 0 radical (unpaired) electrons. The molecule has 1 N–H and O–H groups in total. The van der Waals surface area contributed by atoms with E-state index in [0.717, 1.165) is 19.4 Å². The molecule has 1 aromatic carbocycles. The molecule has 0 aliphatic rings. The zero-order chi connectivity index (χ0) is 15.3. The quantitative estimate of drug-likeness (QED) is 0.439. The van der Waals surface area contributed by atoms with Crippen molar-refractivity contribution in [3.05, 3.63) is 30.3 Å². The molecular weight excluding hydrogens is 329 g/mol. The average molecular weight is 352 g/mol. The van der Waals surface area contributed by atoms with Crippen LogP contribution in [0.4, 0.5) is 0 Å². The Morgan fingerprint density at radius 1 is 1.33 bits per heavy atom. The van der Waals surface area contributed by atoms with Crippen LogP contribution in [0.25, 0.3) is 0 Å². The Hall–Kier alpha value is -1.27. The summed E-state index contributed by atoms with van der Waals surface area (Å²) in [5.74, 6) is 3.10. The summed E-state index contributed by atoms with van der Waals surface area (Å²) in [6.07, 6.45) is 2.10. The molecule has 0 spiro atoms. The molecule has 0 aromatic heterocycles. The van der Waals surface area contributed by atoms with Crippen molar-refractivity contribution in [1.29, 1.82) is 0 Å². The first-order valence-electron chi connectivity index (χ1n) is 7.37.